The van der Waals surface area contributed by atoms with Crippen molar-refractivity contribution in [3.63, 3.8) is 0 Å². The number of carbonyl (C=O) groups is 3. The summed E-state index contributed by atoms with van der Waals surface area (Å²) >= 11 is 5.89. The monoisotopic (exact) mass is 493 g/mol. The van der Waals surface area contributed by atoms with Gasteiger partial charge in [-0.2, -0.15) is 0 Å². The first-order valence-electron chi connectivity index (χ1n) is 9.93. The number of rotatable bonds is 10. The quantitative estimate of drug-likeness (QED) is 0.387. The molecule has 2 aromatic carbocycles. The Morgan fingerprint density at radius 1 is 1.15 bits per heavy atom. The first-order valence-corrected chi connectivity index (χ1v) is 11.7. The normalized spacial score (nSPS) is 10.7. The molecule has 9 nitrogen and oxygen atoms in total. The molecule has 0 aromatic heterocycles. The first-order chi connectivity index (χ1) is 15.7. The first kappa shape index (κ1) is 25.9. The van der Waals surface area contributed by atoms with Crippen LogP contribution in [0.3, 0.4) is 0 Å². The zero-order valence-corrected chi connectivity index (χ0v) is 19.5. The Kier molecular flexibility index (Phi) is 9.43. The number of hydrogen-bond donors (Lipinski definition) is 2. The molecule has 3 amide bonds. The summed E-state index contributed by atoms with van der Waals surface area (Å²) in [5, 5.41) is 4.92. The summed E-state index contributed by atoms with van der Waals surface area (Å²) in [4.78, 5) is 35.4. The number of hydrogen-bond acceptors (Lipinski definition) is 6. The van der Waals surface area contributed by atoms with E-state index < -0.39 is 34.5 Å². The van der Waals surface area contributed by atoms with Crippen molar-refractivity contribution in [2.24, 2.45) is 0 Å². The molecule has 0 saturated carbocycles. The van der Waals surface area contributed by atoms with Crippen LogP contribution in [0.5, 0.6) is 0 Å². The van der Waals surface area contributed by atoms with Crippen molar-refractivity contribution in [3.8, 4) is 0 Å². The highest BCUT2D eigenvalue weighted by Gasteiger charge is 2.25. The summed E-state index contributed by atoms with van der Waals surface area (Å²) in [5.74, 6) is -1.74. The van der Waals surface area contributed by atoms with E-state index in [-0.39, 0.29) is 17.0 Å². The largest absolute Gasteiger partial charge is 0.452 e. The van der Waals surface area contributed by atoms with E-state index in [1.54, 1.807) is 24.3 Å². The second-order valence-corrected chi connectivity index (χ2v) is 9.01. The van der Waals surface area contributed by atoms with E-state index in [4.69, 9.17) is 16.3 Å². The Morgan fingerprint density at radius 2 is 1.85 bits per heavy atom. The molecule has 2 aromatic rings. The van der Waals surface area contributed by atoms with Crippen LogP contribution in [-0.4, -0.2) is 46.0 Å². The van der Waals surface area contributed by atoms with E-state index in [1.807, 2.05) is 12.2 Å². The van der Waals surface area contributed by atoms with E-state index >= 15 is 0 Å². The Morgan fingerprint density at radius 3 is 2.48 bits per heavy atom. The highest BCUT2D eigenvalue weighted by molar-refractivity contribution is 7.92. The third-order valence-corrected chi connectivity index (χ3v) is 6.23. The fraction of sp³-hybridized carbons (Fsp3) is 0.227. The van der Waals surface area contributed by atoms with Crippen LogP contribution in [0.15, 0.2) is 66.1 Å². The summed E-state index contributed by atoms with van der Waals surface area (Å²) in [6, 6.07) is 10.7. The summed E-state index contributed by atoms with van der Waals surface area (Å²) in [5.41, 5.74) is 0.291. The average Bonchev–Trinajstić information content (AvgIpc) is 2.80. The Bertz CT molecular complexity index is 1120. The standard InChI is InChI=1S/C22H24ClN3O6S/c1-3-12-24-22(29)25-20(27)15-32-21(28)16-6-5-7-19(14-16)33(30,31)26(13-4-2)18-10-8-17(23)9-11-18/h4-11,14H,2-3,12-13,15H2,1H3,(H2,24,25,27,29). The van der Waals surface area contributed by atoms with E-state index in [1.165, 1.54) is 24.3 Å². The van der Waals surface area contributed by atoms with Crippen molar-refractivity contribution in [1.82, 2.24) is 10.6 Å². The Balaban J connectivity index is 2.15. The highest BCUT2D eigenvalue weighted by Crippen LogP contribution is 2.25. The topological polar surface area (TPSA) is 122 Å². The molecule has 0 fully saturated rings. The maximum absolute atomic E-state index is 13.2. The van der Waals surface area contributed by atoms with Gasteiger partial charge in [-0.05, 0) is 48.9 Å². The molecular formula is C22H24ClN3O6S. The van der Waals surface area contributed by atoms with Gasteiger partial charge in [0.15, 0.2) is 6.61 Å². The fourth-order valence-corrected chi connectivity index (χ4v) is 4.25. The number of halogens is 1. The summed E-state index contributed by atoms with van der Waals surface area (Å²) in [7, 11) is -4.06. The summed E-state index contributed by atoms with van der Waals surface area (Å²) in [6.45, 7) is 5.12. The van der Waals surface area contributed by atoms with Gasteiger partial charge >= 0.3 is 12.0 Å². The fourth-order valence-electron chi connectivity index (χ4n) is 2.64. The second kappa shape index (κ2) is 12.0. The third kappa shape index (κ3) is 7.33. The number of urea groups is 1. The number of esters is 1. The Labute approximate surface area is 197 Å². The minimum atomic E-state index is -4.06. The van der Waals surface area contributed by atoms with Gasteiger partial charge in [0.25, 0.3) is 15.9 Å². The van der Waals surface area contributed by atoms with E-state index in [0.717, 1.165) is 10.4 Å². The van der Waals surface area contributed by atoms with Crippen molar-refractivity contribution >= 4 is 45.2 Å². The van der Waals surface area contributed by atoms with Gasteiger partial charge in [-0.15, -0.1) is 6.58 Å². The number of carbonyl (C=O) groups excluding carboxylic acids is 3. The van der Waals surface area contributed by atoms with Gasteiger partial charge in [-0.1, -0.05) is 30.7 Å². The van der Waals surface area contributed by atoms with E-state index in [0.29, 0.717) is 23.7 Å². The molecule has 2 rings (SSSR count). The lowest BCUT2D eigenvalue weighted by molar-refractivity contribution is -0.123. The minimum Gasteiger partial charge on any atom is -0.452 e. The molecule has 0 heterocycles. The average molecular weight is 494 g/mol. The molecule has 0 saturated heterocycles. The number of benzene rings is 2. The van der Waals surface area contributed by atoms with Crippen LogP contribution in [0.2, 0.25) is 5.02 Å². The van der Waals surface area contributed by atoms with E-state index in [2.05, 4.69) is 11.9 Å². The van der Waals surface area contributed by atoms with Gasteiger partial charge in [-0.3, -0.25) is 14.4 Å². The van der Waals surface area contributed by atoms with Crippen LogP contribution >= 0.6 is 11.6 Å². The molecule has 0 spiro atoms. The molecule has 0 aliphatic rings. The number of ether oxygens (including phenoxy) is 1. The molecule has 0 aliphatic heterocycles. The van der Waals surface area contributed by atoms with Gasteiger partial charge in [-0.25, -0.2) is 18.0 Å². The van der Waals surface area contributed by atoms with Crippen LogP contribution in [0, 0.1) is 0 Å². The highest BCUT2D eigenvalue weighted by atomic mass is 35.5. The predicted molar refractivity (Wildman–Crippen MR) is 125 cm³/mol. The molecule has 2 N–H and O–H groups in total. The minimum absolute atomic E-state index is 0.0150. The van der Waals surface area contributed by atoms with Crippen molar-refractivity contribution in [2.75, 3.05) is 24.0 Å². The molecule has 0 unspecified atom stereocenters. The van der Waals surface area contributed by atoms with Gasteiger partial charge in [0, 0.05) is 11.6 Å². The maximum atomic E-state index is 13.2. The van der Waals surface area contributed by atoms with Crippen LogP contribution in [0.25, 0.3) is 0 Å². The van der Waals surface area contributed by atoms with Crippen molar-refractivity contribution in [3.05, 3.63) is 71.8 Å². The number of nitrogens with zero attached hydrogens (tertiary/aromatic N) is 1. The van der Waals surface area contributed by atoms with Crippen LogP contribution in [-0.2, 0) is 19.6 Å². The number of imide groups is 1. The molecule has 11 heteroatoms. The predicted octanol–water partition coefficient (Wildman–Crippen LogP) is 3.11. The number of anilines is 1. The van der Waals surface area contributed by atoms with Gasteiger partial charge in [0.2, 0.25) is 0 Å². The summed E-state index contributed by atoms with van der Waals surface area (Å²) in [6.07, 6.45) is 2.12. The van der Waals surface area contributed by atoms with Crippen LogP contribution in [0.4, 0.5) is 10.5 Å². The smallest absolute Gasteiger partial charge is 0.338 e. The molecule has 0 atom stereocenters. The lowest BCUT2D eigenvalue weighted by Crippen LogP contribution is -2.41. The number of nitrogens with one attached hydrogen (secondary N) is 2. The number of sulfonamides is 1. The maximum Gasteiger partial charge on any atom is 0.338 e. The van der Waals surface area contributed by atoms with Gasteiger partial charge in [0.1, 0.15) is 0 Å². The molecular weight excluding hydrogens is 470 g/mol. The molecule has 176 valence electrons. The lowest BCUT2D eigenvalue weighted by atomic mass is 10.2. The Hall–Kier alpha value is -3.37. The summed E-state index contributed by atoms with van der Waals surface area (Å²) < 4.78 is 32.5. The van der Waals surface area contributed by atoms with Gasteiger partial charge in [0.05, 0.1) is 22.7 Å². The van der Waals surface area contributed by atoms with Crippen molar-refractivity contribution < 1.29 is 27.5 Å². The molecule has 0 radical (unpaired) electrons. The third-order valence-electron chi connectivity index (χ3n) is 4.19. The van der Waals surface area contributed by atoms with Gasteiger partial charge < -0.3 is 10.1 Å². The van der Waals surface area contributed by atoms with Crippen LogP contribution in [0.1, 0.15) is 23.7 Å². The molecule has 33 heavy (non-hydrogen) atoms. The van der Waals surface area contributed by atoms with E-state index in [9.17, 15) is 22.8 Å². The lowest BCUT2D eigenvalue weighted by Gasteiger charge is -2.23. The van der Waals surface area contributed by atoms with Crippen LogP contribution < -0.4 is 14.9 Å². The molecule has 0 aliphatic carbocycles. The zero-order valence-electron chi connectivity index (χ0n) is 17.9. The van der Waals surface area contributed by atoms with Crippen molar-refractivity contribution in [2.45, 2.75) is 18.2 Å². The zero-order chi connectivity index (χ0) is 24.4. The SMILES string of the molecule is C=CCN(c1ccc(Cl)cc1)S(=O)(=O)c1cccc(C(=O)OCC(=O)NC(=O)NCCC)c1. The second-order valence-electron chi connectivity index (χ2n) is 6.71. The molecule has 0 bridgehead atoms. The van der Waals surface area contributed by atoms with Crippen molar-refractivity contribution in [1.29, 1.82) is 0 Å². The number of amides is 3.